The van der Waals surface area contributed by atoms with Gasteiger partial charge >= 0.3 is 5.82 Å². The van der Waals surface area contributed by atoms with Crippen LogP contribution in [0.1, 0.15) is 12.6 Å². The molecule has 1 amide bonds. The lowest BCUT2D eigenvalue weighted by molar-refractivity contribution is -0.392. The zero-order chi connectivity index (χ0) is 15.0. The van der Waals surface area contributed by atoms with Gasteiger partial charge in [-0.2, -0.15) is 4.68 Å². The molecule has 0 saturated heterocycles. The van der Waals surface area contributed by atoms with Crippen molar-refractivity contribution in [3.8, 4) is 0 Å². The van der Waals surface area contributed by atoms with Gasteiger partial charge in [-0.1, -0.05) is 6.92 Å². The molecular weight excluding hydrogens is 300 g/mol. The van der Waals surface area contributed by atoms with Gasteiger partial charge in [0.2, 0.25) is 10.8 Å². The van der Waals surface area contributed by atoms with Crippen molar-refractivity contribution in [2.75, 3.05) is 0 Å². The van der Waals surface area contributed by atoms with E-state index in [1.165, 1.54) is 13.8 Å². The van der Waals surface area contributed by atoms with E-state index in [2.05, 4.69) is 5.10 Å². The first-order chi connectivity index (χ1) is 8.55. The van der Waals surface area contributed by atoms with E-state index < -0.39 is 36.5 Å². The van der Waals surface area contributed by atoms with Gasteiger partial charge in [0, 0.05) is 10.7 Å². The molecule has 0 spiro atoms. The summed E-state index contributed by atoms with van der Waals surface area (Å²) in [6.07, 6.45) is 0. The van der Waals surface area contributed by atoms with Crippen LogP contribution in [-0.4, -0.2) is 29.0 Å². The molecule has 0 aliphatic heterocycles. The number of amides is 1. The van der Waals surface area contributed by atoms with E-state index in [0.717, 1.165) is 4.68 Å². The van der Waals surface area contributed by atoms with Gasteiger partial charge in [0.05, 0.1) is 23.3 Å². The highest BCUT2D eigenvalue weighted by Crippen LogP contribution is 2.29. The maximum absolute atomic E-state index is 11.3. The third-order valence-corrected chi connectivity index (χ3v) is 3.91. The van der Waals surface area contributed by atoms with Crippen molar-refractivity contribution in [1.82, 2.24) is 9.78 Å². The number of nitrogens with zero attached hydrogens (tertiary/aromatic N) is 3. The Morgan fingerprint density at radius 3 is 2.47 bits per heavy atom. The third-order valence-electron chi connectivity index (χ3n) is 2.48. The third kappa shape index (κ3) is 3.20. The second-order valence-corrected chi connectivity index (χ2v) is 6.42. The zero-order valence-electron chi connectivity index (χ0n) is 10.0. The summed E-state index contributed by atoms with van der Waals surface area (Å²) in [5.74, 6) is -2.17. The van der Waals surface area contributed by atoms with Crippen LogP contribution in [0.15, 0.2) is 4.90 Å². The monoisotopic (exact) mass is 310 g/mol. The summed E-state index contributed by atoms with van der Waals surface area (Å²) in [4.78, 5) is 20.1. The predicted molar refractivity (Wildman–Crippen MR) is 65.0 cm³/mol. The lowest BCUT2D eigenvalue weighted by Crippen LogP contribution is -2.25. The molecule has 1 unspecified atom stereocenters. The van der Waals surface area contributed by atoms with Crippen LogP contribution in [0.3, 0.4) is 0 Å². The fourth-order valence-electron chi connectivity index (χ4n) is 1.45. The number of halogens is 1. The molecule has 1 heterocycles. The molecule has 1 aromatic heterocycles. The largest absolute Gasteiger partial charge is 0.410 e. The Bertz CT molecular complexity index is 638. The Hall–Kier alpha value is -1.68. The number of primary amides is 1. The predicted octanol–water partition coefficient (Wildman–Crippen LogP) is 0.149. The summed E-state index contributed by atoms with van der Waals surface area (Å²) in [5, 5.41) is 14.3. The highest BCUT2D eigenvalue weighted by Gasteiger charge is 2.34. The first-order valence-electron chi connectivity index (χ1n) is 5.01. The number of nitrogens with two attached hydrogens (primary N) is 1. The van der Waals surface area contributed by atoms with Crippen LogP contribution in [0.4, 0.5) is 5.82 Å². The SMILES string of the molecule is Cc1c(S(=O)(=O)Cl)c([N+](=O)[O-])nn1CC(C)C(N)=O. The van der Waals surface area contributed by atoms with E-state index in [1.54, 1.807) is 0 Å². The number of carbonyl (C=O) groups excluding carboxylic acids is 1. The van der Waals surface area contributed by atoms with Gasteiger partial charge in [-0.05, 0) is 11.8 Å². The van der Waals surface area contributed by atoms with Crippen LogP contribution in [0.2, 0.25) is 0 Å². The van der Waals surface area contributed by atoms with E-state index in [-0.39, 0.29) is 12.2 Å². The number of hydrogen-bond donors (Lipinski definition) is 1. The Kier molecular flexibility index (Phi) is 4.15. The molecule has 9 nitrogen and oxygen atoms in total. The van der Waals surface area contributed by atoms with Gasteiger partial charge in [-0.3, -0.25) is 4.79 Å². The van der Waals surface area contributed by atoms with Crippen LogP contribution in [0, 0.1) is 23.0 Å². The van der Waals surface area contributed by atoms with E-state index in [0.29, 0.717) is 0 Å². The average Bonchev–Trinajstić information content (AvgIpc) is 2.55. The van der Waals surface area contributed by atoms with Gasteiger partial charge in [0.15, 0.2) is 0 Å². The summed E-state index contributed by atoms with van der Waals surface area (Å²) in [6, 6.07) is 0. The normalized spacial score (nSPS) is 13.2. The molecule has 0 radical (unpaired) electrons. The minimum absolute atomic E-state index is 0.0187. The highest BCUT2D eigenvalue weighted by molar-refractivity contribution is 8.13. The highest BCUT2D eigenvalue weighted by atomic mass is 35.7. The van der Waals surface area contributed by atoms with Gasteiger partial charge in [-0.25, -0.2) is 8.42 Å². The van der Waals surface area contributed by atoms with Crippen LogP contribution < -0.4 is 5.73 Å². The Morgan fingerprint density at radius 1 is 1.63 bits per heavy atom. The topological polar surface area (TPSA) is 138 Å². The number of hydrogen-bond acceptors (Lipinski definition) is 6. The Labute approximate surface area is 112 Å². The van der Waals surface area contributed by atoms with Gasteiger partial charge < -0.3 is 15.8 Å². The smallest absolute Gasteiger partial charge is 0.369 e. The minimum atomic E-state index is -4.31. The van der Waals surface area contributed by atoms with E-state index in [4.69, 9.17) is 16.4 Å². The second kappa shape index (κ2) is 5.13. The van der Waals surface area contributed by atoms with Crippen molar-refractivity contribution in [3.05, 3.63) is 15.8 Å². The summed E-state index contributed by atoms with van der Waals surface area (Å²) < 4.78 is 23.7. The Balaban J connectivity index is 3.39. The molecular formula is C8H11ClN4O5S. The summed E-state index contributed by atoms with van der Waals surface area (Å²) in [7, 11) is 0.835. The fourth-order valence-corrected chi connectivity index (χ4v) is 2.78. The first-order valence-corrected chi connectivity index (χ1v) is 7.32. The number of aromatic nitrogens is 2. The van der Waals surface area contributed by atoms with E-state index in [1.807, 2.05) is 0 Å². The number of nitro groups is 1. The molecule has 0 saturated carbocycles. The minimum Gasteiger partial charge on any atom is -0.369 e. The van der Waals surface area contributed by atoms with Gasteiger partial charge in [0.1, 0.15) is 0 Å². The van der Waals surface area contributed by atoms with Crippen molar-refractivity contribution in [2.45, 2.75) is 25.3 Å². The molecule has 19 heavy (non-hydrogen) atoms. The average molecular weight is 311 g/mol. The molecule has 0 aliphatic rings. The molecule has 0 aromatic carbocycles. The fraction of sp³-hybridized carbons (Fsp3) is 0.500. The number of rotatable bonds is 5. The molecule has 1 atom stereocenters. The summed E-state index contributed by atoms with van der Waals surface area (Å²) >= 11 is 0. The van der Waals surface area contributed by atoms with Crippen molar-refractivity contribution in [3.63, 3.8) is 0 Å². The Morgan fingerprint density at radius 2 is 2.16 bits per heavy atom. The van der Waals surface area contributed by atoms with Crippen molar-refractivity contribution < 1.29 is 18.1 Å². The summed E-state index contributed by atoms with van der Waals surface area (Å²) in [6.45, 7) is 2.72. The number of carbonyl (C=O) groups is 1. The molecule has 0 bridgehead atoms. The lowest BCUT2D eigenvalue weighted by atomic mass is 10.2. The van der Waals surface area contributed by atoms with Crippen LogP contribution in [0.5, 0.6) is 0 Å². The van der Waals surface area contributed by atoms with Crippen molar-refractivity contribution in [1.29, 1.82) is 0 Å². The first kappa shape index (κ1) is 15.4. The molecule has 106 valence electrons. The quantitative estimate of drug-likeness (QED) is 0.466. The molecule has 11 heteroatoms. The molecule has 1 aromatic rings. The molecule has 0 aliphatic carbocycles. The molecule has 1 rings (SSSR count). The zero-order valence-corrected chi connectivity index (χ0v) is 11.6. The van der Waals surface area contributed by atoms with Crippen molar-refractivity contribution >= 4 is 31.5 Å². The van der Waals surface area contributed by atoms with Crippen LogP contribution in [-0.2, 0) is 20.4 Å². The maximum atomic E-state index is 11.3. The molecule has 0 fully saturated rings. The van der Waals surface area contributed by atoms with E-state index >= 15 is 0 Å². The standard InChI is InChI=1S/C8H11ClN4O5S/c1-4(7(10)14)3-12-5(2)6(19(9,17)18)8(11-12)13(15)16/h4H,3H2,1-2H3,(H2,10,14). The maximum Gasteiger partial charge on any atom is 0.410 e. The molecule has 2 N–H and O–H groups in total. The van der Waals surface area contributed by atoms with Gasteiger partial charge in [0.25, 0.3) is 9.05 Å². The van der Waals surface area contributed by atoms with Crippen LogP contribution in [0.25, 0.3) is 0 Å². The van der Waals surface area contributed by atoms with E-state index in [9.17, 15) is 23.3 Å². The lowest BCUT2D eigenvalue weighted by Gasteiger charge is -2.05. The second-order valence-electron chi connectivity index (χ2n) is 3.92. The van der Waals surface area contributed by atoms with Crippen LogP contribution >= 0.6 is 10.7 Å². The van der Waals surface area contributed by atoms with Crippen molar-refractivity contribution in [2.24, 2.45) is 11.7 Å². The summed E-state index contributed by atoms with van der Waals surface area (Å²) in [5.41, 5.74) is 5.05. The van der Waals surface area contributed by atoms with Gasteiger partial charge in [-0.15, -0.1) is 0 Å².